The zero-order valence-electron chi connectivity index (χ0n) is 11.5. The van der Waals surface area contributed by atoms with Gasteiger partial charge in [-0.2, -0.15) is 22.8 Å². The first-order valence-corrected chi connectivity index (χ1v) is 7.35. The Bertz CT molecular complexity index is 832. The molecule has 0 aliphatic carbocycles. The maximum absolute atomic E-state index is 12.7. The van der Waals surface area contributed by atoms with Gasteiger partial charge in [0.1, 0.15) is 5.01 Å². The number of hydrogen-bond donors (Lipinski definition) is 0. The number of fused-ring (bicyclic) bond motifs is 1. The van der Waals surface area contributed by atoms with E-state index < -0.39 is 11.7 Å². The number of aryl methyl sites for hydroxylation is 1. The van der Waals surface area contributed by atoms with Crippen LogP contribution in [0.1, 0.15) is 28.9 Å². The van der Waals surface area contributed by atoms with Gasteiger partial charge in [-0.1, -0.05) is 36.5 Å². The van der Waals surface area contributed by atoms with Crippen LogP contribution in [-0.2, 0) is 12.6 Å². The van der Waals surface area contributed by atoms with Gasteiger partial charge in [-0.05, 0) is 23.8 Å². The standard InChI is InChI=1S/C14H11F3N4S/c1-2-11-18-19-13-21(11)20-12(22-13)7-6-9-4-3-5-10(8-9)14(15,16)17/h3-8H,2H2,1H3/b7-6+. The van der Waals surface area contributed by atoms with Crippen molar-refractivity contribution in [3.05, 3.63) is 46.2 Å². The van der Waals surface area contributed by atoms with Crippen molar-refractivity contribution in [3.8, 4) is 0 Å². The van der Waals surface area contributed by atoms with Crippen LogP contribution in [-0.4, -0.2) is 19.8 Å². The Morgan fingerprint density at radius 1 is 1.23 bits per heavy atom. The highest BCUT2D eigenvalue weighted by molar-refractivity contribution is 7.17. The molecule has 0 bridgehead atoms. The summed E-state index contributed by atoms with van der Waals surface area (Å²) in [6, 6.07) is 5.15. The van der Waals surface area contributed by atoms with Gasteiger partial charge in [0.2, 0.25) is 4.96 Å². The Morgan fingerprint density at radius 3 is 2.77 bits per heavy atom. The number of hydrogen-bond acceptors (Lipinski definition) is 4. The summed E-state index contributed by atoms with van der Waals surface area (Å²) in [7, 11) is 0. The van der Waals surface area contributed by atoms with Crippen LogP contribution < -0.4 is 0 Å². The molecule has 2 aromatic heterocycles. The van der Waals surface area contributed by atoms with Crippen LogP contribution in [0.15, 0.2) is 24.3 Å². The molecule has 0 aliphatic heterocycles. The van der Waals surface area contributed by atoms with E-state index in [0.717, 1.165) is 18.0 Å². The van der Waals surface area contributed by atoms with E-state index in [1.54, 1.807) is 22.7 Å². The van der Waals surface area contributed by atoms with E-state index in [1.165, 1.54) is 17.4 Å². The molecule has 0 spiro atoms. The Hall–Kier alpha value is -2.22. The van der Waals surface area contributed by atoms with Crippen molar-refractivity contribution in [3.63, 3.8) is 0 Å². The maximum Gasteiger partial charge on any atom is 0.416 e. The molecule has 3 aromatic rings. The number of halogens is 3. The van der Waals surface area contributed by atoms with Crippen molar-refractivity contribution in [2.24, 2.45) is 0 Å². The van der Waals surface area contributed by atoms with E-state index in [0.29, 0.717) is 22.0 Å². The molecule has 4 nitrogen and oxygen atoms in total. The van der Waals surface area contributed by atoms with Gasteiger partial charge >= 0.3 is 6.18 Å². The minimum atomic E-state index is -4.34. The van der Waals surface area contributed by atoms with Crippen LogP contribution in [0.2, 0.25) is 0 Å². The van der Waals surface area contributed by atoms with Crippen molar-refractivity contribution < 1.29 is 13.2 Å². The average molecular weight is 324 g/mol. The highest BCUT2D eigenvalue weighted by Crippen LogP contribution is 2.30. The second-order valence-electron chi connectivity index (χ2n) is 4.56. The molecule has 8 heteroatoms. The first-order chi connectivity index (χ1) is 10.5. The number of rotatable bonds is 3. The summed E-state index contributed by atoms with van der Waals surface area (Å²) in [6.45, 7) is 1.95. The van der Waals surface area contributed by atoms with Gasteiger partial charge in [0, 0.05) is 6.42 Å². The van der Waals surface area contributed by atoms with Gasteiger partial charge in [0.15, 0.2) is 5.82 Å². The third-order valence-electron chi connectivity index (χ3n) is 3.02. The smallest absolute Gasteiger partial charge is 0.187 e. The number of benzene rings is 1. The molecule has 1 aromatic carbocycles. The predicted molar refractivity (Wildman–Crippen MR) is 78.4 cm³/mol. The molecule has 0 unspecified atom stereocenters. The normalized spacial score (nSPS) is 12.5. The summed E-state index contributed by atoms with van der Waals surface area (Å²) < 4.78 is 39.6. The number of aromatic nitrogens is 4. The molecule has 114 valence electrons. The molecule has 0 aliphatic rings. The highest BCUT2D eigenvalue weighted by atomic mass is 32.1. The Kier molecular flexibility index (Phi) is 3.69. The van der Waals surface area contributed by atoms with E-state index >= 15 is 0 Å². The third kappa shape index (κ3) is 2.87. The van der Waals surface area contributed by atoms with Crippen molar-refractivity contribution in [1.82, 2.24) is 19.8 Å². The SMILES string of the molecule is CCc1nnc2sc(/C=C/c3cccc(C(F)(F)F)c3)nn12. The van der Waals surface area contributed by atoms with E-state index in [9.17, 15) is 13.2 Å². The zero-order valence-corrected chi connectivity index (χ0v) is 12.3. The lowest BCUT2D eigenvalue weighted by Gasteiger charge is -2.06. The first-order valence-electron chi connectivity index (χ1n) is 6.54. The first kappa shape index (κ1) is 14.7. The Morgan fingerprint density at radius 2 is 2.05 bits per heavy atom. The highest BCUT2D eigenvalue weighted by Gasteiger charge is 2.30. The van der Waals surface area contributed by atoms with E-state index in [1.807, 2.05) is 6.92 Å². The quantitative estimate of drug-likeness (QED) is 0.733. The molecular weight excluding hydrogens is 313 g/mol. The molecule has 0 fully saturated rings. The molecule has 3 rings (SSSR count). The monoisotopic (exact) mass is 324 g/mol. The summed E-state index contributed by atoms with van der Waals surface area (Å²) in [6.07, 6.45) is -0.351. The zero-order chi connectivity index (χ0) is 15.7. The third-order valence-corrected chi connectivity index (χ3v) is 3.88. The van der Waals surface area contributed by atoms with Gasteiger partial charge in [-0.15, -0.1) is 10.2 Å². The second-order valence-corrected chi connectivity index (χ2v) is 5.55. The lowest BCUT2D eigenvalue weighted by molar-refractivity contribution is -0.137. The van der Waals surface area contributed by atoms with Gasteiger partial charge in [-0.3, -0.25) is 0 Å². The van der Waals surface area contributed by atoms with E-state index in [-0.39, 0.29) is 0 Å². The van der Waals surface area contributed by atoms with Crippen molar-refractivity contribution >= 4 is 28.4 Å². The number of nitrogens with zero attached hydrogens (tertiary/aromatic N) is 4. The molecule has 0 saturated carbocycles. The minimum Gasteiger partial charge on any atom is -0.187 e. The predicted octanol–water partition coefficient (Wildman–Crippen LogP) is 3.94. The maximum atomic E-state index is 12.7. The molecule has 0 radical (unpaired) electrons. The summed E-state index contributed by atoms with van der Waals surface area (Å²) in [5.74, 6) is 0.755. The summed E-state index contributed by atoms with van der Waals surface area (Å²) in [5.41, 5.74) is -0.197. The molecule has 0 saturated heterocycles. The van der Waals surface area contributed by atoms with Crippen LogP contribution in [0.5, 0.6) is 0 Å². The largest absolute Gasteiger partial charge is 0.416 e. The van der Waals surface area contributed by atoms with E-state index in [4.69, 9.17) is 0 Å². The summed E-state index contributed by atoms with van der Waals surface area (Å²) in [5, 5.41) is 13.0. The molecule has 0 atom stereocenters. The molecule has 2 heterocycles. The van der Waals surface area contributed by atoms with Crippen LogP contribution in [0.25, 0.3) is 17.1 Å². The Labute approximate surface area is 127 Å². The fraction of sp³-hybridized carbons (Fsp3) is 0.214. The molecule has 0 amide bonds. The van der Waals surface area contributed by atoms with Crippen LogP contribution in [0.4, 0.5) is 13.2 Å². The van der Waals surface area contributed by atoms with Crippen LogP contribution in [0, 0.1) is 0 Å². The fourth-order valence-corrected chi connectivity index (χ4v) is 2.71. The lowest BCUT2D eigenvalue weighted by Crippen LogP contribution is -2.04. The second kappa shape index (κ2) is 5.53. The molecular formula is C14H11F3N4S. The molecule has 22 heavy (non-hydrogen) atoms. The number of alkyl halides is 3. The van der Waals surface area contributed by atoms with Gasteiger partial charge < -0.3 is 0 Å². The van der Waals surface area contributed by atoms with Crippen molar-refractivity contribution in [2.75, 3.05) is 0 Å². The van der Waals surface area contributed by atoms with Crippen molar-refractivity contribution in [2.45, 2.75) is 19.5 Å². The van der Waals surface area contributed by atoms with Crippen molar-refractivity contribution in [1.29, 1.82) is 0 Å². The molecule has 0 N–H and O–H groups in total. The average Bonchev–Trinajstić information content (AvgIpc) is 3.04. The summed E-state index contributed by atoms with van der Waals surface area (Å²) in [4.78, 5) is 0.667. The van der Waals surface area contributed by atoms with Gasteiger partial charge in [0.05, 0.1) is 5.56 Å². The fourth-order valence-electron chi connectivity index (χ4n) is 1.95. The van der Waals surface area contributed by atoms with Gasteiger partial charge in [0.25, 0.3) is 0 Å². The van der Waals surface area contributed by atoms with Crippen LogP contribution in [0.3, 0.4) is 0 Å². The van der Waals surface area contributed by atoms with Gasteiger partial charge in [-0.25, -0.2) is 0 Å². The van der Waals surface area contributed by atoms with Crippen LogP contribution >= 0.6 is 11.3 Å². The lowest BCUT2D eigenvalue weighted by atomic mass is 10.1. The summed E-state index contributed by atoms with van der Waals surface area (Å²) >= 11 is 1.33. The van der Waals surface area contributed by atoms with E-state index in [2.05, 4.69) is 15.3 Å². The topological polar surface area (TPSA) is 43.1 Å². The Balaban J connectivity index is 1.88. The minimum absolute atomic E-state index is 0.469.